The summed E-state index contributed by atoms with van der Waals surface area (Å²) in [4.78, 5) is 23.9. The van der Waals surface area contributed by atoms with Gasteiger partial charge in [0.1, 0.15) is 5.75 Å². The summed E-state index contributed by atoms with van der Waals surface area (Å²) < 4.78 is 35.1. The standard InChI is InChI=1S/C19H19F2NO4S/c1-25-14-8-6-13(7-9-14)10-11-22-17(23)12-26-18(24)15-4-2-3-5-16(15)27-19(20)21/h2-9,19H,10-12H2,1H3,(H,22,23). The van der Waals surface area contributed by atoms with Crippen molar-refractivity contribution in [1.82, 2.24) is 5.32 Å². The van der Waals surface area contributed by atoms with Crippen LogP contribution in [0.2, 0.25) is 0 Å². The molecule has 0 spiro atoms. The van der Waals surface area contributed by atoms with E-state index in [1.807, 2.05) is 24.3 Å². The Morgan fingerprint density at radius 1 is 1.11 bits per heavy atom. The maximum atomic E-state index is 12.5. The zero-order valence-corrected chi connectivity index (χ0v) is 15.4. The number of amides is 1. The monoisotopic (exact) mass is 395 g/mol. The average molecular weight is 395 g/mol. The van der Waals surface area contributed by atoms with Crippen molar-refractivity contribution in [3.8, 4) is 5.75 Å². The lowest BCUT2D eigenvalue weighted by molar-refractivity contribution is -0.124. The molecule has 2 rings (SSSR count). The quantitative estimate of drug-likeness (QED) is 0.520. The molecule has 2 aromatic rings. The number of carbonyl (C=O) groups is 2. The number of benzene rings is 2. The fourth-order valence-corrected chi connectivity index (χ4v) is 2.86. The highest BCUT2D eigenvalue weighted by Gasteiger charge is 2.17. The molecule has 8 heteroatoms. The third-order valence-electron chi connectivity index (χ3n) is 3.55. The van der Waals surface area contributed by atoms with Gasteiger partial charge in [0.05, 0.1) is 12.7 Å². The van der Waals surface area contributed by atoms with Gasteiger partial charge in [-0.3, -0.25) is 4.79 Å². The third kappa shape index (κ3) is 6.90. The van der Waals surface area contributed by atoms with Gasteiger partial charge in [-0.05, 0) is 36.2 Å². The first kappa shape index (κ1) is 20.7. The summed E-state index contributed by atoms with van der Waals surface area (Å²) in [5.74, 6) is -3.18. The summed E-state index contributed by atoms with van der Waals surface area (Å²) in [5, 5.41) is 2.64. The van der Waals surface area contributed by atoms with Gasteiger partial charge in [-0.2, -0.15) is 8.78 Å². The molecule has 0 unspecified atom stereocenters. The van der Waals surface area contributed by atoms with Gasteiger partial charge in [0, 0.05) is 11.4 Å². The molecule has 5 nitrogen and oxygen atoms in total. The summed E-state index contributed by atoms with van der Waals surface area (Å²) in [6.45, 7) is -0.102. The van der Waals surface area contributed by atoms with Crippen LogP contribution in [0.1, 0.15) is 15.9 Å². The number of alkyl halides is 2. The van der Waals surface area contributed by atoms with Crippen molar-refractivity contribution >= 4 is 23.6 Å². The first-order valence-corrected chi connectivity index (χ1v) is 8.98. The number of halogens is 2. The smallest absolute Gasteiger partial charge is 0.339 e. The van der Waals surface area contributed by atoms with Crippen LogP contribution >= 0.6 is 11.8 Å². The second-order valence-electron chi connectivity index (χ2n) is 5.40. The Balaban J connectivity index is 1.77. The van der Waals surface area contributed by atoms with E-state index in [-0.39, 0.29) is 22.2 Å². The molecule has 0 aliphatic heterocycles. The lowest BCUT2D eigenvalue weighted by atomic mass is 10.1. The fourth-order valence-electron chi connectivity index (χ4n) is 2.23. The third-order valence-corrected chi connectivity index (χ3v) is 4.34. The first-order valence-electron chi connectivity index (χ1n) is 8.10. The second-order valence-corrected chi connectivity index (χ2v) is 6.43. The number of nitrogens with one attached hydrogen (secondary N) is 1. The molecule has 1 N–H and O–H groups in total. The van der Waals surface area contributed by atoms with Crippen LogP contribution in [0.25, 0.3) is 0 Å². The van der Waals surface area contributed by atoms with Crippen LogP contribution in [0.3, 0.4) is 0 Å². The first-order chi connectivity index (χ1) is 13.0. The number of methoxy groups -OCH3 is 1. The van der Waals surface area contributed by atoms with Gasteiger partial charge in [0.15, 0.2) is 6.61 Å². The van der Waals surface area contributed by atoms with Crippen molar-refractivity contribution in [3.63, 3.8) is 0 Å². The highest BCUT2D eigenvalue weighted by molar-refractivity contribution is 7.99. The van der Waals surface area contributed by atoms with Gasteiger partial charge in [-0.25, -0.2) is 4.79 Å². The molecule has 0 atom stereocenters. The number of carbonyl (C=O) groups excluding carboxylic acids is 2. The van der Waals surface area contributed by atoms with E-state index in [0.717, 1.165) is 11.3 Å². The molecule has 0 radical (unpaired) electrons. The molecule has 144 valence electrons. The van der Waals surface area contributed by atoms with E-state index in [9.17, 15) is 18.4 Å². The van der Waals surface area contributed by atoms with Gasteiger partial charge < -0.3 is 14.8 Å². The SMILES string of the molecule is COc1ccc(CCNC(=O)COC(=O)c2ccccc2SC(F)F)cc1. The normalized spacial score (nSPS) is 10.5. The molecule has 0 bridgehead atoms. The minimum Gasteiger partial charge on any atom is -0.497 e. The van der Waals surface area contributed by atoms with Crippen LogP contribution in [-0.4, -0.2) is 37.9 Å². The van der Waals surface area contributed by atoms with Crippen molar-refractivity contribution in [1.29, 1.82) is 0 Å². The van der Waals surface area contributed by atoms with Crippen LogP contribution in [0, 0.1) is 0 Å². The van der Waals surface area contributed by atoms with Crippen molar-refractivity contribution in [3.05, 3.63) is 59.7 Å². The summed E-state index contributed by atoms with van der Waals surface area (Å²) in [6, 6.07) is 13.3. The number of hydrogen-bond acceptors (Lipinski definition) is 5. The van der Waals surface area contributed by atoms with Gasteiger partial charge >= 0.3 is 5.97 Å². The van der Waals surface area contributed by atoms with E-state index >= 15 is 0 Å². The molecule has 0 fully saturated rings. The molecule has 0 heterocycles. The minimum absolute atomic E-state index is 0.00818. The molecule has 0 aliphatic carbocycles. The molecule has 2 aromatic carbocycles. The van der Waals surface area contributed by atoms with Gasteiger partial charge in [0.2, 0.25) is 0 Å². The van der Waals surface area contributed by atoms with E-state index in [0.29, 0.717) is 13.0 Å². The minimum atomic E-state index is -2.65. The number of ether oxygens (including phenoxy) is 2. The van der Waals surface area contributed by atoms with Gasteiger partial charge in [-0.1, -0.05) is 36.0 Å². The summed E-state index contributed by atoms with van der Waals surface area (Å²) in [7, 11) is 1.58. The average Bonchev–Trinajstić information content (AvgIpc) is 2.66. The molecular weight excluding hydrogens is 376 g/mol. The van der Waals surface area contributed by atoms with Crippen LogP contribution in [0.5, 0.6) is 5.75 Å². The Hall–Kier alpha value is -2.61. The van der Waals surface area contributed by atoms with Crippen LogP contribution in [0.4, 0.5) is 8.78 Å². The van der Waals surface area contributed by atoms with E-state index in [4.69, 9.17) is 9.47 Å². The summed E-state index contributed by atoms with van der Waals surface area (Å²) in [5.41, 5.74) is 1.03. The van der Waals surface area contributed by atoms with Crippen LogP contribution in [-0.2, 0) is 16.0 Å². The largest absolute Gasteiger partial charge is 0.497 e. The molecule has 0 saturated carbocycles. The van der Waals surface area contributed by atoms with Crippen molar-refractivity contribution in [2.75, 3.05) is 20.3 Å². The molecule has 0 aromatic heterocycles. The van der Waals surface area contributed by atoms with Crippen molar-refractivity contribution < 1.29 is 27.8 Å². The topological polar surface area (TPSA) is 64.6 Å². The Labute approximate surface area is 160 Å². The Morgan fingerprint density at radius 2 is 1.81 bits per heavy atom. The maximum Gasteiger partial charge on any atom is 0.339 e. The predicted octanol–water partition coefficient (Wildman–Crippen LogP) is 3.53. The predicted molar refractivity (Wildman–Crippen MR) is 98.3 cm³/mol. The Morgan fingerprint density at radius 3 is 2.48 bits per heavy atom. The lowest BCUT2D eigenvalue weighted by Crippen LogP contribution is -2.30. The number of thioether (sulfide) groups is 1. The highest BCUT2D eigenvalue weighted by atomic mass is 32.2. The number of hydrogen-bond donors (Lipinski definition) is 1. The molecule has 0 saturated heterocycles. The molecular formula is C19H19F2NO4S. The van der Waals surface area contributed by atoms with Gasteiger partial charge in [-0.15, -0.1) is 0 Å². The zero-order valence-electron chi connectivity index (χ0n) is 14.6. The fraction of sp³-hybridized carbons (Fsp3) is 0.263. The lowest BCUT2D eigenvalue weighted by Gasteiger charge is -2.09. The van der Waals surface area contributed by atoms with Crippen molar-refractivity contribution in [2.24, 2.45) is 0 Å². The van der Waals surface area contributed by atoms with Crippen LogP contribution < -0.4 is 10.1 Å². The van der Waals surface area contributed by atoms with E-state index in [2.05, 4.69) is 5.32 Å². The second kappa shape index (κ2) is 10.5. The number of rotatable bonds is 9. The van der Waals surface area contributed by atoms with E-state index in [1.165, 1.54) is 12.1 Å². The Bertz CT molecular complexity index is 769. The Kier molecular flexibility index (Phi) is 8.06. The van der Waals surface area contributed by atoms with Crippen molar-refractivity contribution in [2.45, 2.75) is 17.1 Å². The molecule has 1 amide bonds. The number of esters is 1. The zero-order chi connectivity index (χ0) is 19.6. The van der Waals surface area contributed by atoms with Crippen LogP contribution in [0.15, 0.2) is 53.4 Å². The maximum absolute atomic E-state index is 12.5. The van der Waals surface area contributed by atoms with E-state index < -0.39 is 24.2 Å². The van der Waals surface area contributed by atoms with Gasteiger partial charge in [0.25, 0.3) is 11.7 Å². The summed E-state index contributed by atoms with van der Waals surface area (Å²) >= 11 is 0.258. The summed E-state index contributed by atoms with van der Waals surface area (Å²) in [6.07, 6.45) is 0.609. The molecule has 0 aliphatic rings. The molecule has 27 heavy (non-hydrogen) atoms. The highest BCUT2D eigenvalue weighted by Crippen LogP contribution is 2.28. The van der Waals surface area contributed by atoms with E-state index in [1.54, 1.807) is 19.2 Å².